The van der Waals surface area contributed by atoms with Crippen molar-refractivity contribution in [1.29, 1.82) is 0 Å². The van der Waals surface area contributed by atoms with E-state index in [0.29, 0.717) is 16.9 Å². The fourth-order valence-corrected chi connectivity index (χ4v) is 1.87. The molecule has 0 aliphatic rings. The summed E-state index contributed by atoms with van der Waals surface area (Å²) >= 11 is 0. The standard InChI is InChI=1S/C14H14N2O2/c15-12-7-9(8-13(17)18)6-11(14(12)16)10-4-2-1-3-5-10/h1-7H,8,15-16H2,(H,17,18). The maximum absolute atomic E-state index is 10.7. The van der Waals surface area contributed by atoms with Gasteiger partial charge < -0.3 is 16.6 Å². The fraction of sp³-hybridized carbons (Fsp3) is 0.0714. The van der Waals surface area contributed by atoms with Crippen LogP contribution < -0.4 is 11.5 Å². The van der Waals surface area contributed by atoms with Gasteiger partial charge in [-0.25, -0.2) is 0 Å². The largest absolute Gasteiger partial charge is 0.481 e. The van der Waals surface area contributed by atoms with E-state index in [4.69, 9.17) is 16.6 Å². The van der Waals surface area contributed by atoms with Crippen molar-refractivity contribution in [3.8, 4) is 11.1 Å². The van der Waals surface area contributed by atoms with Gasteiger partial charge in [0, 0.05) is 5.56 Å². The first kappa shape index (κ1) is 12.0. The lowest BCUT2D eigenvalue weighted by Crippen LogP contribution is -2.04. The predicted molar refractivity (Wildman–Crippen MR) is 72.0 cm³/mol. The second kappa shape index (κ2) is 4.79. The molecule has 18 heavy (non-hydrogen) atoms. The molecule has 0 saturated carbocycles. The number of hydrogen-bond donors (Lipinski definition) is 3. The molecule has 0 aliphatic carbocycles. The zero-order chi connectivity index (χ0) is 13.1. The molecular weight excluding hydrogens is 228 g/mol. The third-order valence-electron chi connectivity index (χ3n) is 2.71. The number of hydrogen-bond acceptors (Lipinski definition) is 3. The molecule has 2 rings (SSSR count). The van der Waals surface area contributed by atoms with Gasteiger partial charge in [-0.3, -0.25) is 4.79 Å². The lowest BCUT2D eigenvalue weighted by Gasteiger charge is -2.11. The summed E-state index contributed by atoms with van der Waals surface area (Å²) < 4.78 is 0. The van der Waals surface area contributed by atoms with Gasteiger partial charge in [0.2, 0.25) is 0 Å². The van der Waals surface area contributed by atoms with Crippen LogP contribution in [0.15, 0.2) is 42.5 Å². The van der Waals surface area contributed by atoms with Gasteiger partial charge in [0.15, 0.2) is 0 Å². The smallest absolute Gasteiger partial charge is 0.307 e. The number of carboxylic acids is 1. The fourth-order valence-electron chi connectivity index (χ4n) is 1.87. The van der Waals surface area contributed by atoms with E-state index in [1.165, 1.54) is 0 Å². The lowest BCUT2D eigenvalue weighted by molar-refractivity contribution is -0.136. The minimum absolute atomic E-state index is 0.0652. The van der Waals surface area contributed by atoms with Gasteiger partial charge in [-0.2, -0.15) is 0 Å². The van der Waals surface area contributed by atoms with Crippen LogP contribution in [0.25, 0.3) is 11.1 Å². The molecule has 5 N–H and O–H groups in total. The van der Waals surface area contributed by atoms with Crippen molar-refractivity contribution in [3.63, 3.8) is 0 Å². The van der Waals surface area contributed by atoms with Gasteiger partial charge in [0.1, 0.15) is 0 Å². The van der Waals surface area contributed by atoms with Crippen molar-refractivity contribution in [2.45, 2.75) is 6.42 Å². The molecular formula is C14H14N2O2. The van der Waals surface area contributed by atoms with E-state index in [1.54, 1.807) is 12.1 Å². The topological polar surface area (TPSA) is 89.3 Å². The first-order chi connectivity index (χ1) is 8.58. The summed E-state index contributed by atoms with van der Waals surface area (Å²) in [5, 5.41) is 8.82. The minimum atomic E-state index is -0.891. The molecule has 0 atom stereocenters. The van der Waals surface area contributed by atoms with Gasteiger partial charge in [-0.05, 0) is 23.3 Å². The maximum Gasteiger partial charge on any atom is 0.307 e. The van der Waals surface area contributed by atoms with Crippen molar-refractivity contribution in [2.24, 2.45) is 0 Å². The third-order valence-corrected chi connectivity index (χ3v) is 2.71. The van der Waals surface area contributed by atoms with Crippen LogP contribution in [0, 0.1) is 0 Å². The highest BCUT2D eigenvalue weighted by atomic mass is 16.4. The van der Waals surface area contributed by atoms with E-state index < -0.39 is 5.97 Å². The number of nitrogen functional groups attached to an aromatic ring is 2. The Hall–Kier alpha value is -2.49. The van der Waals surface area contributed by atoms with Crippen molar-refractivity contribution in [2.75, 3.05) is 11.5 Å². The van der Waals surface area contributed by atoms with Gasteiger partial charge >= 0.3 is 5.97 Å². The van der Waals surface area contributed by atoms with Crippen molar-refractivity contribution in [1.82, 2.24) is 0 Å². The van der Waals surface area contributed by atoms with Crippen LogP contribution in [0.5, 0.6) is 0 Å². The van der Waals surface area contributed by atoms with E-state index in [1.807, 2.05) is 30.3 Å². The Morgan fingerprint density at radius 1 is 1.11 bits per heavy atom. The summed E-state index contributed by atoms with van der Waals surface area (Å²) in [6, 6.07) is 12.9. The Balaban J connectivity index is 2.53. The van der Waals surface area contributed by atoms with Crippen LogP contribution in [-0.4, -0.2) is 11.1 Å². The van der Waals surface area contributed by atoms with Crippen LogP contribution in [-0.2, 0) is 11.2 Å². The SMILES string of the molecule is Nc1cc(CC(=O)O)cc(-c2ccccc2)c1N. The normalized spacial score (nSPS) is 10.2. The molecule has 2 aromatic rings. The summed E-state index contributed by atoms with van der Waals surface area (Å²) in [6.07, 6.45) is -0.0652. The molecule has 4 nitrogen and oxygen atoms in total. The van der Waals surface area contributed by atoms with E-state index in [-0.39, 0.29) is 6.42 Å². The Morgan fingerprint density at radius 2 is 1.78 bits per heavy atom. The molecule has 0 saturated heterocycles. The maximum atomic E-state index is 10.7. The quantitative estimate of drug-likeness (QED) is 0.719. The Morgan fingerprint density at radius 3 is 2.39 bits per heavy atom. The molecule has 4 heteroatoms. The Bertz CT molecular complexity index is 580. The number of aliphatic carboxylic acids is 1. The number of nitrogens with two attached hydrogens (primary N) is 2. The molecule has 0 spiro atoms. The molecule has 0 bridgehead atoms. The summed E-state index contributed by atoms with van der Waals surface area (Å²) in [7, 11) is 0. The molecule has 0 radical (unpaired) electrons. The molecule has 0 aromatic heterocycles. The van der Waals surface area contributed by atoms with Crippen molar-refractivity contribution >= 4 is 17.3 Å². The first-order valence-electron chi connectivity index (χ1n) is 5.53. The zero-order valence-corrected chi connectivity index (χ0v) is 9.76. The second-order valence-corrected chi connectivity index (χ2v) is 4.08. The van der Waals surface area contributed by atoms with Crippen molar-refractivity contribution < 1.29 is 9.90 Å². The van der Waals surface area contributed by atoms with Crippen LogP contribution in [0.3, 0.4) is 0 Å². The number of anilines is 2. The summed E-state index contributed by atoms with van der Waals surface area (Å²) in [5.41, 5.74) is 15.0. The van der Waals surface area contributed by atoms with Crippen LogP contribution in [0.2, 0.25) is 0 Å². The molecule has 92 valence electrons. The van der Waals surface area contributed by atoms with Gasteiger partial charge in [-0.1, -0.05) is 30.3 Å². The van der Waals surface area contributed by atoms with Gasteiger partial charge in [-0.15, -0.1) is 0 Å². The van der Waals surface area contributed by atoms with Gasteiger partial charge in [0.05, 0.1) is 17.8 Å². The number of benzene rings is 2. The summed E-state index contributed by atoms with van der Waals surface area (Å²) in [5.74, 6) is -0.891. The molecule has 0 aliphatic heterocycles. The number of carboxylic acid groups (broad SMARTS) is 1. The van der Waals surface area contributed by atoms with E-state index in [0.717, 1.165) is 11.1 Å². The molecule has 0 heterocycles. The van der Waals surface area contributed by atoms with Crippen LogP contribution in [0.1, 0.15) is 5.56 Å². The molecule has 0 fully saturated rings. The molecule has 0 amide bonds. The lowest BCUT2D eigenvalue weighted by atomic mass is 9.98. The molecule has 0 unspecified atom stereocenters. The highest BCUT2D eigenvalue weighted by molar-refractivity contribution is 5.86. The highest BCUT2D eigenvalue weighted by Gasteiger charge is 2.09. The highest BCUT2D eigenvalue weighted by Crippen LogP contribution is 2.31. The average Bonchev–Trinajstić information content (AvgIpc) is 2.34. The third kappa shape index (κ3) is 2.43. The average molecular weight is 242 g/mol. The monoisotopic (exact) mass is 242 g/mol. The minimum Gasteiger partial charge on any atom is -0.481 e. The van der Waals surface area contributed by atoms with E-state index >= 15 is 0 Å². The Labute approximate surface area is 105 Å². The van der Waals surface area contributed by atoms with Crippen molar-refractivity contribution in [3.05, 3.63) is 48.0 Å². The zero-order valence-electron chi connectivity index (χ0n) is 9.76. The van der Waals surface area contributed by atoms with E-state index in [2.05, 4.69) is 0 Å². The Kier molecular flexibility index (Phi) is 3.19. The molecule has 2 aromatic carbocycles. The van der Waals surface area contributed by atoms with Gasteiger partial charge in [0.25, 0.3) is 0 Å². The van der Waals surface area contributed by atoms with Crippen LogP contribution in [0.4, 0.5) is 11.4 Å². The van der Waals surface area contributed by atoms with E-state index in [9.17, 15) is 4.79 Å². The second-order valence-electron chi connectivity index (χ2n) is 4.08. The summed E-state index contributed by atoms with van der Waals surface area (Å²) in [6.45, 7) is 0. The van der Waals surface area contributed by atoms with Crippen LogP contribution >= 0.6 is 0 Å². The number of rotatable bonds is 3. The first-order valence-corrected chi connectivity index (χ1v) is 5.53. The summed E-state index contributed by atoms with van der Waals surface area (Å²) in [4.78, 5) is 10.7. The predicted octanol–water partition coefficient (Wildman–Crippen LogP) is 2.15. The number of carbonyl (C=O) groups is 1.